The fourth-order valence-electron chi connectivity index (χ4n) is 2.00. The number of aromatic nitrogens is 1. The molecule has 0 atom stereocenters. The molecule has 0 saturated heterocycles. The van der Waals surface area contributed by atoms with E-state index in [2.05, 4.69) is 11.9 Å². The van der Waals surface area contributed by atoms with Gasteiger partial charge in [0.2, 0.25) is 0 Å². The molecule has 3 nitrogen and oxygen atoms in total. The molecule has 0 aliphatic heterocycles. The van der Waals surface area contributed by atoms with E-state index < -0.39 is 0 Å². The topological polar surface area (TPSA) is 39.2 Å². The summed E-state index contributed by atoms with van der Waals surface area (Å²) < 4.78 is 18.8. The van der Waals surface area contributed by atoms with E-state index in [1.807, 2.05) is 0 Å². The van der Waals surface area contributed by atoms with Crippen molar-refractivity contribution in [1.29, 1.82) is 0 Å². The summed E-state index contributed by atoms with van der Waals surface area (Å²) in [6, 6.07) is 6.32. The number of nitrogens with zero attached hydrogens (tertiary/aromatic N) is 1. The Morgan fingerprint density at radius 2 is 2.10 bits per heavy atom. The Morgan fingerprint density at radius 3 is 2.76 bits per heavy atom. The second kappa shape index (κ2) is 7.31. The molecule has 0 fully saturated rings. The van der Waals surface area contributed by atoms with Crippen molar-refractivity contribution in [3.05, 3.63) is 45.7 Å². The van der Waals surface area contributed by atoms with E-state index in [-0.39, 0.29) is 17.3 Å². The highest BCUT2D eigenvalue weighted by molar-refractivity contribution is 7.13. The maximum Gasteiger partial charge on any atom is 0.171 e. The van der Waals surface area contributed by atoms with Gasteiger partial charge in [-0.05, 0) is 18.6 Å². The summed E-state index contributed by atoms with van der Waals surface area (Å²) in [5.41, 5.74) is 0.871. The number of ether oxygens (including phenoxy) is 1. The Kier molecular flexibility index (Phi) is 5.44. The molecule has 0 aliphatic carbocycles. The maximum atomic E-state index is 13.4. The van der Waals surface area contributed by atoms with Gasteiger partial charge in [0, 0.05) is 13.3 Å². The number of benzene rings is 1. The van der Waals surface area contributed by atoms with Gasteiger partial charge in [0.15, 0.2) is 17.3 Å². The number of halogens is 1. The van der Waals surface area contributed by atoms with Gasteiger partial charge in [-0.3, -0.25) is 4.79 Å². The third kappa shape index (κ3) is 4.11. The maximum absolute atomic E-state index is 13.4. The van der Waals surface area contributed by atoms with E-state index in [1.54, 1.807) is 25.1 Å². The van der Waals surface area contributed by atoms with Gasteiger partial charge in [-0.15, -0.1) is 11.3 Å². The van der Waals surface area contributed by atoms with Gasteiger partial charge in [0.1, 0.15) is 0 Å². The van der Waals surface area contributed by atoms with Crippen LogP contribution in [0.4, 0.5) is 4.39 Å². The molecule has 2 rings (SSSR count). The van der Waals surface area contributed by atoms with Crippen LogP contribution in [0.1, 0.15) is 40.6 Å². The largest absolute Gasteiger partial charge is 0.490 e. The van der Waals surface area contributed by atoms with Crippen LogP contribution in [0.2, 0.25) is 0 Å². The number of carbonyl (C=O) groups is 1. The first-order valence-electron chi connectivity index (χ1n) is 6.98. The highest BCUT2D eigenvalue weighted by Crippen LogP contribution is 2.22. The third-order valence-corrected chi connectivity index (χ3v) is 4.22. The van der Waals surface area contributed by atoms with E-state index in [0.717, 1.165) is 28.4 Å². The van der Waals surface area contributed by atoms with E-state index in [4.69, 9.17) is 4.74 Å². The highest BCUT2D eigenvalue weighted by Gasteiger charge is 2.14. The fourth-order valence-corrected chi connectivity index (χ4v) is 2.99. The van der Waals surface area contributed by atoms with Crippen molar-refractivity contribution < 1.29 is 13.9 Å². The fraction of sp³-hybridized carbons (Fsp3) is 0.375. The van der Waals surface area contributed by atoms with Crippen molar-refractivity contribution in [3.63, 3.8) is 0 Å². The molecule has 0 N–H and O–H groups in total. The molecule has 5 heteroatoms. The average Bonchev–Trinajstić information content (AvgIpc) is 2.85. The molecule has 2 aromatic rings. The molecule has 0 unspecified atom stereocenters. The lowest BCUT2D eigenvalue weighted by Crippen LogP contribution is -2.02. The van der Waals surface area contributed by atoms with E-state index >= 15 is 0 Å². The number of ketones is 1. The predicted octanol–water partition coefficient (Wildman–Crippen LogP) is 4.06. The summed E-state index contributed by atoms with van der Waals surface area (Å²) in [5.74, 6) is -0.0698. The van der Waals surface area contributed by atoms with Gasteiger partial charge in [-0.1, -0.05) is 25.5 Å². The number of carbonyl (C=O) groups excluding carboxylic acids is 1. The van der Waals surface area contributed by atoms with Crippen LogP contribution >= 0.6 is 11.3 Å². The Labute approximate surface area is 127 Å². The second-order valence-corrected chi connectivity index (χ2v) is 5.80. The zero-order valence-electron chi connectivity index (χ0n) is 12.2. The van der Waals surface area contributed by atoms with Crippen LogP contribution < -0.4 is 4.74 Å². The zero-order chi connectivity index (χ0) is 15.2. The average molecular weight is 307 g/mol. The summed E-state index contributed by atoms with van der Waals surface area (Å²) in [6.07, 6.45) is 2.33. The molecule has 1 aromatic heterocycles. The molecule has 0 saturated carbocycles. The van der Waals surface area contributed by atoms with E-state index in [0.29, 0.717) is 13.0 Å². The lowest BCUT2D eigenvalue weighted by Gasteiger charge is -2.05. The minimum absolute atomic E-state index is 0.0530. The van der Waals surface area contributed by atoms with Crippen LogP contribution in [0.3, 0.4) is 0 Å². The first-order chi connectivity index (χ1) is 10.1. The highest BCUT2D eigenvalue weighted by atomic mass is 32.1. The number of Topliss-reactive ketones (excluding diaryl/α,β-unsaturated/α-hetero) is 1. The number of rotatable bonds is 7. The van der Waals surface area contributed by atoms with Crippen LogP contribution in [0.15, 0.2) is 24.3 Å². The number of para-hydroxylation sites is 1. The molecule has 0 bridgehead atoms. The smallest absolute Gasteiger partial charge is 0.171 e. The SMILES string of the molecule is CCCc1nc(CCOc2ccccc2F)sc1C(C)=O. The zero-order valence-corrected chi connectivity index (χ0v) is 13.0. The quantitative estimate of drug-likeness (QED) is 0.724. The van der Waals surface area contributed by atoms with Gasteiger partial charge < -0.3 is 4.74 Å². The predicted molar refractivity (Wildman–Crippen MR) is 81.7 cm³/mol. The van der Waals surface area contributed by atoms with Crippen LogP contribution in [0.25, 0.3) is 0 Å². The van der Waals surface area contributed by atoms with Crippen molar-refractivity contribution in [1.82, 2.24) is 4.98 Å². The summed E-state index contributed by atoms with van der Waals surface area (Å²) >= 11 is 1.41. The van der Waals surface area contributed by atoms with Gasteiger partial charge in [0.05, 0.1) is 22.2 Å². The molecule has 112 valence electrons. The standard InChI is InChI=1S/C16H18FNO2S/c1-3-6-13-16(11(2)19)21-15(18-13)9-10-20-14-8-5-4-7-12(14)17/h4-5,7-8H,3,6,9-10H2,1-2H3. The monoisotopic (exact) mass is 307 g/mol. The number of thiazole rings is 1. The molecule has 0 aliphatic rings. The minimum atomic E-state index is -0.368. The summed E-state index contributed by atoms with van der Waals surface area (Å²) in [6.45, 7) is 3.97. The van der Waals surface area contributed by atoms with Crippen LogP contribution in [0.5, 0.6) is 5.75 Å². The van der Waals surface area contributed by atoms with Crippen molar-refractivity contribution in [2.45, 2.75) is 33.1 Å². The van der Waals surface area contributed by atoms with Gasteiger partial charge >= 0.3 is 0 Å². The van der Waals surface area contributed by atoms with Crippen molar-refractivity contribution in [3.8, 4) is 5.75 Å². The van der Waals surface area contributed by atoms with Crippen LogP contribution in [0, 0.1) is 5.82 Å². The Balaban J connectivity index is 1.99. The summed E-state index contributed by atoms with van der Waals surface area (Å²) in [5, 5.41) is 0.861. The van der Waals surface area contributed by atoms with Crippen LogP contribution in [-0.2, 0) is 12.8 Å². The van der Waals surface area contributed by atoms with Gasteiger partial charge in [0.25, 0.3) is 0 Å². The van der Waals surface area contributed by atoms with Crippen molar-refractivity contribution in [2.24, 2.45) is 0 Å². The molecular formula is C16H18FNO2S. The molecule has 0 spiro atoms. The van der Waals surface area contributed by atoms with Crippen LogP contribution in [-0.4, -0.2) is 17.4 Å². The first kappa shape index (κ1) is 15.6. The lowest BCUT2D eigenvalue weighted by molar-refractivity contribution is 0.102. The second-order valence-electron chi connectivity index (χ2n) is 4.72. The molecule has 1 aromatic carbocycles. The molecule has 1 heterocycles. The van der Waals surface area contributed by atoms with Crippen molar-refractivity contribution >= 4 is 17.1 Å². The number of hydrogen-bond donors (Lipinski definition) is 0. The minimum Gasteiger partial charge on any atom is -0.490 e. The number of aryl methyl sites for hydroxylation is 1. The normalized spacial score (nSPS) is 10.6. The number of hydrogen-bond acceptors (Lipinski definition) is 4. The first-order valence-corrected chi connectivity index (χ1v) is 7.80. The molecule has 0 amide bonds. The molecule has 0 radical (unpaired) electrons. The third-order valence-electron chi connectivity index (χ3n) is 2.96. The Hall–Kier alpha value is -1.75. The van der Waals surface area contributed by atoms with E-state index in [9.17, 15) is 9.18 Å². The molecule has 21 heavy (non-hydrogen) atoms. The Bertz CT molecular complexity index is 624. The van der Waals surface area contributed by atoms with E-state index in [1.165, 1.54) is 17.4 Å². The molecular weight excluding hydrogens is 289 g/mol. The van der Waals surface area contributed by atoms with Gasteiger partial charge in [-0.25, -0.2) is 9.37 Å². The van der Waals surface area contributed by atoms with Crippen molar-refractivity contribution in [2.75, 3.05) is 6.61 Å². The summed E-state index contributed by atoms with van der Waals surface area (Å²) in [4.78, 5) is 16.8. The Morgan fingerprint density at radius 1 is 1.33 bits per heavy atom. The lowest BCUT2D eigenvalue weighted by atomic mass is 10.2. The van der Waals surface area contributed by atoms with Gasteiger partial charge in [-0.2, -0.15) is 0 Å². The summed E-state index contributed by atoms with van der Waals surface area (Å²) in [7, 11) is 0.